The highest BCUT2D eigenvalue weighted by atomic mass is 79.9. The summed E-state index contributed by atoms with van der Waals surface area (Å²) in [5, 5.41) is 7.55. The van der Waals surface area contributed by atoms with Crippen LogP contribution in [0.1, 0.15) is 16.7 Å². The molecule has 0 spiro atoms. The van der Waals surface area contributed by atoms with Crippen molar-refractivity contribution in [2.45, 2.75) is 13.5 Å². The van der Waals surface area contributed by atoms with Crippen molar-refractivity contribution in [3.8, 4) is 5.75 Å². The fourth-order valence-electron chi connectivity index (χ4n) is 1.79. The van der Waals surface area contributed by atoms with Gasteiger partial charge in [-0.05, 0) is 24.6 Å². The maximum absolute atomic E-state index is 7.55. The molecule has 3 N–H and O–H groups in total. The lowest BCUT2D eigenvalue weighted by Gasteiger charge is -2.12. The summed E-state index contributed by atoms with van der Waals surface area (Å²) in [4.78, 5) is 0. The van der Waals surface area contributed by atoms with Gasteiger partial charge >= 0.3 is 0 Å². The van der Waals surface area contributed by atoms with Crippen LogP contribution in [0.4, 0.5) is 0 Å². The van der Waals surface area contributed by atoms with Crippen LogP contribution in [-0.2, 0) is 6.61 Å². The van der Waals surface area contributed by atoms with Crippen molar-refractivity contribution < 1.29 is 4.74 Å². The van der Waals surface area contributed by atoms with E-state index in [2.05, 4.69) is 15.9 Å². The summed E-state index contributed by atoms with van der Waals surface area (Å²) >= 11 is 3.43. The summed E-state index contributed by atoms with van der Waals surface area (Å²) in [5.41, 5.74) is 8.26. The smallest absolute Gasteiger partial charge is 0.123 e. The number of halogens is 1. The van der Waals surface area contributed by atoms with Gasteiger partial charge in [0.25, 0.3) is 0 Å². The van der Waals surface area contributed by atoms with Crippen LogP contribution in [-0.4, -0.2) is 5.84 Å². The van der Waals surface area contributed by atoms with Crippen LogP contribution in [0, 0.1) is 12.3 Å². The third-order valence-electron chi connectivity index (χ3n) is 2.84. The summed E-state index contributed by atoms with van der Waals surface area (Å²) in [6.45, 7) is 2.39. The molecule has 0 fully saturated rings. The molecule has 0 saturated carbocycles. The quantitative estimate of drug-likeness (QED) is 0.668. The first-order valence-corrected chi connectivity index (χ1v) is 6.68. The van der Waals surface area contributed by atoms with Crippen LogP contribution < -0.4 is 10.5 Å². The molecular formula is C15H15BrN2O. The van der Waals surface area contributed by atoms with Crippen molar-refractivity contribution in [2.24, 2.45) is 5.73 Å². The monoisotopic (exact) mass is 318 g/mol. The minimum Gasteiger partial charge on any atom is -0.489 e. The van der Waals surface area contributed by atoms with Crippen LogP contribution >= 0.6 is 15.9 Å². The molecule has 0 aromatic heterocycles. The minimum atomic E-state index is 0.0603. The number of amidine groups is 1. The largest absolute Gasteiger partial charge is 0.489 e. The number of benzene rings is 2. The molecule has 3 nitrogen and oxygen atoms in total. The van der Waals surface area contributed by atoms with Gasteiger partial charge in [0.15, 0.2) is 0 Å². The molecule has 0 heterocycles. The van der Waals surface area contributed by atoms with E-state index >= 15 is 0 Å². The average Bonchev–Trinajstić information content (AvgIpc) is 2.40. The number of rotatable bonds is 4. The average molecular weight is 319 g/mol. The number of ether oxygens (including phenoxy) is 1. The van der Waals surface area contributed by atoms with Gasteiger partial charge in [-0.25, -0.2) is 0 Å². The van der Waals surface area contributed by atoms with Crippen LogP contribution in [0.3, 0.4) is 0 Å². The third kappa shape index (κ3) is 3.35. The fraction of sp³-hybridized carbons (Fsp3) is 0.133. The first kappa shape index (κ1) is 13.6. The van der Waals surface area contributed by atoms with E-state index in [4.69, 9.17) is 15.9 Å². The van der Waals surface area contributed by atoms with Gasteiger partial charge in [0, 0.05) is 15.6 Å². The number of hydrogen-bond donors (Lipinski definition) is 2. The molecule has 2 rings (SSSR count). The van der Waals surface area contributed by atoms with Gasteiger partial charge in [0.2, 0.25) is 0 Å². The Hall–Kier alpha value is -1.81. The van der Waals surface area contributed by atoms with Crippen LogP contribution in [0.5, 0.6) is 5.75 Å². The molecule has 2 aromatic carbocycles. The summed E-state index contributed by atoms with van der Waals surface area (Å²) in [7, 11) is 0. The van der Waals surface area contributed by atoms with E-state index in [1.807, 2.05) is 49.4 Å². The van der Waals surface area contributed by atoms with E-state index in [9.17, 15) is 0 Å². The Morgan fingerprint density at radius 3 is 2.74 bits per heavy atom. The van der Waals surface area contributed by atoms with Crippen molar-refractivity contribution in [1.82, 2.24) is 0 Å². The van der Waals surface area contributed by atoms with E-state index in [-0.39, 0.29) is 5.84 Å². The molecule has 98 valence electrons. The summed E-state index contributed by atoms with van der Waals surface area (Å²) < 4.78 is 6.79. The van der Waals surface area contributed by atoms with Gasteiger partial charge in [-0.3, -0.25) is 5.41 Å². The lowest BCUT2D eigenvalue weighted by molar-refractivity contribution is 0.303. The van der Waals surface area contributed by atoms with Crippen molar-refractivity contribution >= 4 is 21.8 Å². The molecule has 0 aliphatic carbocycles. The summed E-state index contributed by atoms with van der Waals surface area (Å²) in [5.74, 6) is 0.887. The molecule has 0 aliphatic heterocycles. The van der Waals surface area contributed by atoms with Gasteiger partial charge < -0.3 is 10.5 Å². The molecule has 2 aromatic rings. The van der Waals surface area contributed by atoms with E-state index in [0.29, 0.717) is 6.61 Å². The molecule has 0 saturated heterocycles. The van der Waals surface area contributed by atoms with Crippen LogP contribution in [0.2, 0.25) is 0 Å². The maximum atomic E-state index is 7.55. The van der Waals surface area contributed by atoms with Crippen molar-refractivity contribution in [2.75, 3.05) is 0 Å². The van der Waals surface area contributed by atoms with Gasteiger partial charge in [-0.1, -0.05) is 46.3 Å². The van der Waals surface area contributed by atoms with Crippen molar-refractivity contribution in [3.63, 3.8) is 0 Å². The molecule has 0 radical (unpaired) electrons. The highest BCUT2D eigenvalue weighted by Gasteiger charge is 2.06. The highest BCUT2D eigenvalue weighted by molar-refractivity contribution is 9.10. The number of nitrogen functional groups attached to an aromatic ring is 1. The van der Waals surface area contributed by atoms with Gasteiger partial charge in [-0.15, -0.1) is 0 Å². The Morgan fingerprint density at radius 1 is 1.26 bits per heavy atom. The zero-order chi connectivity index (χ0) is 13.8. The number of hydrogen-bond acceptors (Lipinski definition) is 2. The van der Waals surface area contributed by atoms with Gasteiger partial charge in [0.05, 0.1) is 0 Å². The Labute approximate surface area is 121 Å². The minimum absolute atomic E-state index is 0.0603. The number of aryl methyl sites for hydroxylation is 1. The van der Waals surface area contributed by atoms with E-state index in [0.717, 1.165) is 26.9 Å². The molecule has 19 heavy (non-hydrogen) atoms. The Morgan fingerprint density at radius 2 is 2.00 bits per heavy atom. The Kier molecular flexibility index (Phi) is 4.22. The van der Waals surface area contributed by atoms with E-state index < -0.39 is 0 Å². The van der Waals surface area contributed by atoms with Crippen LogP contribution in [0.25, 0.3) is 0 Å². The standard InChI is InChI=1S/C15H15BrN2O/c1-10-6-7-12(16)8-14(10)19-9-11-4-2-3-5-13(11)15(17)18/h2-8H,9H2,1H3,(H3,17,18). The van der Waals surface area contributed by atoms with Crippen molar-refractivity contribution in [1.29, 1.82) is 5.41 Å². The predicted molar refractivity (Wildman–Crippen MR) is 80.7 cm³/mol. The molecule has 0 atom stereocenters. The maximum Gasteiger partial charge on any atom is 0.123 e. The SMILES string of the molecule is Cc1ccc(Br)cc1OCc1ccccc1C(=N)N. The van der Waals surface area contributed by atoms with Crippen LogP contribution in [0.15, 0.2) is 46.9 Å². The highest BCUT2D eigenvalue weighted by Crippen LogP contribution is 2.24. The first-order chi connectivity index (χ1) is 9.08. The Balaban J connectivity index is 2.19. The van der Waals surface area contributed by atoms with Gasteiger partial charge in [0.1, 0.15) is 18.2 Å². The third-order valence-corrected chi connectivity index (χ3v) is 3.33. The second kappa shape index (κ2) is 5.89. The number of nitrogens with two attached hydrogens (primary N) is 1. The second-order valence-electron chi connectivity index (χ2n) is 4.27. The molecule has 0 unspecified atom stereocenters. The first-order valence-electron chi connectivity index (χ1n) is 5.89. The van der Waals surface area contributed by atoms with Gasteiger partial charge in [-0.2, -0.15) is 0 Å². The zero-order valence-corrected chi connectivity index (χ0v) is 12.2. The number of nitrogens with one attached hydrogen (secondary N) is 1. The fourth-order valence-corrected chi connectivity index (χ4v) is 2.13. The summed E-state index contributed by atoms with van der Waals surface area (Å²) in [6.07, 6.45) is 0. The summed E-state index contributed by atoms with van der Waals surface area (Å²) in [6, 6.07) is 13.4. The molecule has 0 bridgehead atoms. The lowest BCUT2D eigenvalue weighted by Crippen LogP contribution is -2.14. The van der Waals surface area contributed by atoms with Crippen molar-refractivity contribution in [3.05, 3.63) is 63.6 Å². The lowest BCUT2D eigenvalue weighted by atomic mass is 10.1. The normalized spacial score (nSPS) is 10.2. The zero-order valence-electron chi connectivity index (χ0n) is 10.6. The molecular weight excluding hydrogens is 304 g/mol. The predicted octanol–water partition coefficient (Wildman–Crippen LogP) is 3.62. The molecule has 0 aliphatic rings. The van der Waals surface area contributed by atoms with E-state index in [1.165, 1.54) is 0 Å². The topological polar surface area (TPSA) is 59.1 Å². The Bertz CT molecular complexity index is 611. The molecule has 4 heteroatoms. The molecule has 0 amide bonds. The second-order valence-corrected chi connectivity index (χ2v) is 5.18. The van der Waals surface area contributed by atoms with E-state index in [1.54, 1.807) is 0 Å².